The third-order valence-corrected chi connectivity index (χ3v) is 4.21. The molecule has 0 amide bonds. The summed E-state index contributed by atoms with van der Waals surface area (Å²) in [5.41, 5.74) is 2.98. The molecule has 3 rings (SSSR count). The zero-order valence-electron chi connectivity index (χ0n) is 14.3. The smallest absolute Gasteiger partial charge is 0.328 e. The molecule has 0 radical (unpaired) electrons. The van der Waals surface area contributed by atoms with Crippen molar-refractivity contribution in [3.8, 4) is 17.2 Å². The van der Waals surface area contributed by atoms with Crippen molar-refractivity contribution in [3.05, 3.63) is 53.1 Å². The molecule has 1 aliphatic rings. The van der Waals surface area contributed by atoms with Crippen LogP contribution >= 0.6 is 0 Å². The van der Waals surface area contributed by atoms with Crippen LogP contribution in [0.15, 0.2) is 41.4 Å². The monoisotopic (exact) mass is 341 g/mol. The Kier molecular flexibility index (Phi) is 4.61. The number of hydrogen-bond acceptors (Lipinski definition) is 5. The molecule has 6 nitrogen and oxygen atoms in total. The number of fused-ring (bicyclic) bond motifs is 1. The number of aliphatic imine (C=N–C) groups is 1. The molecular formula is C19H19NO5. The van der Waals surface area contributed by atoms with Gasteiger partial charge in [0.05, 0.1) is 27.0 Å². The summed E-state index contributed by atoms with van der Waals surface area (Å²) in [6, 6.07) is 10.2. The number of carbonyl (C=O) groups is 1. The van der Waals surface area contributed by atoms with E-state index in [1.165, 1.54) is 0 Å². The summed E-state index contributed by atoms with van der Waals surface area (Å²) >= 11 is 0. The number of nitrogens with zero attached hydrogens (tertiary/aromatic N) is 1. The minimum atomic E-state index is -0.965. The van der Waals surface area contributed by atoms with Gasteiger partial charge >= 0.3 is 5.97 Å². The van der Waals surface area contributed by atoms with E-state index >= 15 is 0 Å². The average molecular weight is 341 g/mol. The van der Waals surface area contributed by atoms with Crippen LogP contribution in [0, 0.1) is 0 Å². The molecule has 0 fully saturated rings. The molecule has 0 aromatic heterocycles. The molecule has 1 unspecified atom stereocenters. The van der Waals surface area contributed by atoms with E-state index < -0.39 is 12.0 Å². The Morgan fingerprint density at radius 1 is 1.00 bits per heavy atom. The molecule has 0 spiro atoms. The summed E-state index contributed by atoms with van der Waals surface area (Å²) in [6.45, 7) is 0. The van der Waals surface area contributed by atoms with E-state index in [-0.39, 0.29) is 0 Å². The van der Waals surface area contributed by atoms with E-state index in [1.54, 1.807) is 21.3 Å². The zero-order chi connectivity index (χ0) is 18.0. The van der Waals surface area contributed by atoms with Gasteiger partial charge in [0.1, 0.15) is 5.75 Å². The Hall–Kier alpha value is -3.02. The second kappa shape index (κ2) is 6.84. The lowest BCUT2D eigenvalue weighted by Gasteiger charge is -2.24. The highest BCUT2D eigenvalue weighted by Gasteiger charge is 2.29. The first kappa shape index (κ1) is 16.8. The predicted octanol–water partition coefficient (Wildman–Crippen LogP) is 2.56. The summed E-state index contributed by atoms with van der Waals surface area (Å²) in [6.07, 6.45) is 0.295. The zero-order valence-corrected chi connectivity index (χ0v) is 14.3. The van der Waals surface area contributed by atoms with Gasteiger partial charge in [0.15, 0.2) is 17.5 Å². The number of hydrogen-bond donors (Lipinski definition) is 1. The minimum absolute atomic E-state index is 0.295. The minimum Gasteiger partial charge on any atom is -0.496 e. The fourth-order valence-corrected chi connectivity index (χ4v) is 2.99. The van der Waals surface area contributed by atoms with E-state index in [4.69, 9.17) is 14.2 Å². The Labute approximate surface area is 145 Å². The van der Waals surface area contributed by atoms with Gasteiger partial charge in [0, 0.05) is 17.5 Å². The first-order valence-corrected chi connectivity index (χ1v) is 7.78. The number of carboxylic acid groups (broad SMARTS) is 1. The number of methoxy groups -OCH3 is 3. The van der Waals surface area contributed by atoms with Gasteiger partial charge in [0.2, 0.25) is 0 Å². The van der Waals surface area contributed by atoms with Crippen LogP contribution in [0.1, 0.15) is 16.7 Å². The van der Waals surface area contributed by atoms with Gasteiger partial charge in [-0.15, -0.1) is 0 Å². The normalized spacial score (nSPS) is 15.8. The van der Waals surface area contributed by atoms with Crippen LogP contribution in [-0.4, -0.2) is 44.2 Å². The molecule has 0 saturated heterocycles. The quantitative estimate of drug-likeness (QED) is 0.904. The summed E-state index contributed by atoms with van der Waals surface area (Å²) < 4.78 is 16.2. The van der Waals surface area contributed by atoms with Crippen molar-refractivity contribution >= 4 is 11.7 Å². The van der Waals surface area contributed by atoms with Crippen LogP contribution in [0.25, 0.3) is 0 Å². The number of para-hydroxylation sites is 1. The first-order valence-electron chi connectivity index (χ1n) is 7.78. The number of ether oxygens (including phenoxy) is 3. The number of rotatable bonds is 5. The molecule has 2 aromatic rings. The van der Waals surface area contributed by atoms with Gasteiger partial charge < -0.3 is 19.3 Å². The molecule has 2 aromatic carbocycles. The molecule has 1 N–H and O–H groups in total. The van der Waals surface area contributed by atoms with Gasteiger partial charge in [-0.2, -0.15) is 0 Å². The predicted molar refractivity (Wildman–Crippen MR) is 93.3 cm³/mol. The Morgan fingerprint density at radius 3 is 2.28 bits per heavy atom. The fourth-order valence-electron chi connectivity index (χ4n) is 2.99. The number of carboxylic acids is 1. The van der Waals surface area contributed by atoms with Crippen molar-refractivity contribution in [2.75, 3.05) is 21.3 Å². The van der Waals surface area contributed by atoms with E-state index in [1.807, 2.05) is 36.4 Å². The molecule has 25 heavy (non-hydrogen) atoms. The lowest BCUT2D eigenvalue weighted by molar-refractivity contribution is -0.138. The summed E-state index contributed by atoms with van der Waals surface area (Å²) in [5, 5.41) is 9.49. The molecule has 1 atom stereocenters. The Bertz CT molecular complexity index is 844. The third kappa shape index (κ3) is 3.03. The first-order chi connectivity index (χ1) is 12.1. The van der Waals surface area contributed by atoms with E-state index in [2.05, 4.69) is 4.99 Å². The van der Waals surface area contributed by atoms with Gasteiger partial charge in [-0.25, -0.2) is 4.79 Å². The van der Waals surface area contributed by atoms with Crippen molar-refractivity contribution in [2.24, 2.45) is 4.99 Å². The average Bonchev–Trinajstić information content (AvgIpc) is 2.65. The molecular weight excluding hydrogens is 322 g/mol. The van der Waals surface area contributed by atoms with Gasteiger partial charge in [-0.05, 0) is 29.8 Å². The van der Waals surface area contributed by atoms with Gasteiger partial charge in [-0.3, -0.25) is 4.99 Å². The van der Waals surface area contributed by atoms with Crippen LogP contribution < -0.4 is 14.2 Å². The fraction of sp³-hybridized carbons (Fsp3) is 0.263. The highest BCUT2D eigenvalue weighted by atomic mass is 16.5. The largest absolute Gasteiger partial charge is 0.496 e. The molecule has 0 saturated carbocycles. The van der Waals surface area contributed by atoms with Gasteiger partial charge in [-0.1, -0.05) is 12.1 Å². The molecule has 1 aliphatic heterocycles. The maximum Gasteiger partial charge on any atom is 0.328 e. The highest BCUT2D eigenvalue weighted by Crippen LogP contribution is 2.36. The summed E-state index contributed by atoms with van der Waals surface area (Å²) in [7, 11) is 4.69. The van der Waals surface area contributed by atoms with Crippen molar-refractivity contribution < 1.29 is 24.1 Å². The second-order valence-electron chi connectivity index (χ2n) is 5.60. The van der Waals surface area contributed by atoms with E-state index in [0.717, 1.165) is 16.7 Å². The molecule has 0 bridgehead atoms. The number of benzene rings is 2. The van der Waals surface area contributed by atoms with Crippen LogP contribution in [0.5, 0.6) is 17.2 Å². The lowest BCUT2D eigenvalue weighted by Crippen LogP contribution is -2.28. The Morgan fingerprint density at radius 2 is 1.64 bits per heavy atom. The SMILES string of the molecule is COc1cc2c(cc1OC)C(c1ccccc1OC)=NC(C(=O)O)C2. The summed E-state index contributed by atoms with van der Waals surface area (Å²) in [4.78, 5) is 16.1. The van der Waals surface area contributed by atoms with Gasteiger partial charge in [0.25, 0.3) is 0 Å². The molecule has 6 heteroatoms. The Balaban J connectivity index is 2.24. The van der Waals surface area contributed by atoms with Crippen molar-refractivity contribution in [1.82, 2.24) is 0 Å². The molecule has 0 aliphatic carbocycles. The molecule has 1 heterocycles. The third-order valence-electron chi connectivity index (χ3n) is 4.21. The van der Waals surface area contributed by atoms with Crippen molar-refractivity contribution in [2.45, 2.75) is 12.5 Å². The standard InChI is InChI=1S/C19H19NO5/c1-23-15-7-5-4-6-12(15)18-13-10-17(25-3)16(24-2)9-11(13)8-14(20-18)19(21)22/h4-7,9-10,14H,8H2,1-3H3,(H,21,22). The van der Waals surface area contributed by atoms with E-state index in [0.29, 0.717) is 29.4 Å². The lowest BCUT2D eigenvalue weighted by atomic mass is 9.89. The summed E-state index contributed by atoms with van der Waals surface area (Å²) in [5.74, 6) is 0.796. The van der Waals surface area contributed by atoms with Crippen molar-refractivity contribution in [1.29, 1.82) is 0 Å². The number of aliphatic carboxylic acids is 1. The van der Waals surface area contributed by atoms with Crippen LogP contribution in [0.4, 0.5) is 0 Å². The highest BCUT2D eigenvalue weighted by molar-refractivity contribution is 6.17. The maximum atomic E-state index is 11.6. The molecule has 130 valence electrons. The van der Waals surface area contributed by atoms with Crippen molar-refractivity contribution in [3.63, 3.8) is 0 Å². The van der Waals surface area contributed by atoms with Crippen LogP contribution in [0.3, 0.4) is 0 Å². The maximum absolute atomic E-state index is 11.6. The topological polar surface area (TPSA) is 77.3 Å². The van der Waals surface area contributed by atoms with Crippen LogP contribution in [-0.2, 0) is 11.2 Å². The second-order valence-corrected chi connectivity index (χ2v) is 5.60. The van der Waals surface area contributed by atoms with E-state index in [9.17, 15) is 9.90 Å². The van der Waals surface area contributed by atoms with Crippen LogP contribution in [0.2, 0.25) is 0 Å².